The van der Waals surface area contributed by atoms with E-state index in [0.717, 1.165) is 6.42 Å². The van der Waals surface area contributed by atoms with Crippen molar-refractivity contribution >= 4 is 11.8 Å². The second-order valence-corrected chi connectivity index (χ2v) is 6.17. The summed E-state index contributed by atoms with van der Waals surface area (Å²) in [6.45, 7) is 6.82. The Morgan fingerprint density at radius 1 is 1.27 bits per heavy atom. The average Bonchev–Trinajstić information content (AvgIpc) is 2.52. The number of hydrogen-bond donors (Lipinski definition) is 2. The SMILES string of the molecule is CCOC1CC(NC(=O)CNC(=O)c2ccccc2)C1(C)C. The second-order valence-electron chi connectivity index (χ2n) is 6.17. The van der Waals surface area contributed by atoms with Gasteiger partial charge in [-0.15, -0.1) is 0 Å². The molecule has 1 aromatic carbocycles. The summed E-state index contributed by atoms with van der Waals surface area (Å²) < 4.78 is 5.64. The van der Waals surface area contributed by atoms with E-state index in [-0.39, 0.29) is 35.9 Å². The van der Waals surface area contributed by atoms with Crippen LogP contribution in [0.4, 0.5) is 0 Å². The second kappa shape index (κ2) is 6.92. The van der Waals surface area contributed by atoms with Crippen molar-refractivity contribution in [2.45, 2.75) is 39.3 Å². The van der Waals surface area contributed by atoms with E-state index in [9.17, 15) is 9.59 Å². The molecule has 120 valence electrons. The van der Waals surface area contributed by atoms with Gasteiger partial charge in [0.1, 0.15) is 0 Å². The molecule has 2 rings (SSSR count). The Labute approximate surface area is 131 Å². The molecule has 2 amide bonds. The highest BCUT2D eigenvalue weighted by Crippen LogP contribution is 2.42. The lowest BCUT2D eigenvalue weighted by molar-refractivity contribution is -0.135. The van der Waals surface area contributed by atoms with Gasteiger partial charge in [0.2, 0.25) is 5.91 Å². The van der Waals surface area contributed by atoms with E-state index in [4.69, 9.17) is 4.74 Å². The zero-order chi connectivity index (χ0) is 16.2. The largest absolute Gasteiger partial charge is 0.378 e. The van der Waals surface area contributed by atoms with Crippen molar-refractivity contribution in [3.63, 3.8) is 0 Å². The summed E-state index contributed by atoms with van der Waals surface area (Å²) in [6.07, 6.45) is 1.00. The molecule has 2 unspecified atom stereocenters. The molecule has 0 aromatic heterocycles. The minimum Gasteiger partial charge on any atom is -0.378 e. The number of carbonyl (C=O) groups is 2. The normalized spacial score (nSPS) is 22.5. The van der Waals surface area contributed by atoms with Crippen LogP contribution in [0.2, 0.25) is 0 Å². The van der Waals surface area contributed by atoms with Gasteiger partial charge < -0.3 is 15.4 Å². The van der Waals surface area contributed by atoms with Crippen molar-refractivity contribution in [3.05, 3.63) is 35.9 Å². The smallest absolute Gasteiger partial charge is 0.251 e. The molecule has 5 heteroatoms. The molecular formula is C17H24N2O3. The molecule has 0 saturated heterocycles. The minimum atomic E-state index is -0.240. The molecule has 1 aromatic rings. The minimum absolute atomic E-state index is 0.0143. The monoisotopic (exact) mass is 304 g/mol. The van der Waals surface area contributed by atoms with E-state index in [1.54, 1.807) is 24.3 Å². The Morgan fingerprint density at radius 2 is 1.95 bits per heavy atom. The number of hydrogen-bond acceptors (Lipinski definition) is 3. The van der Waals surface area contributed by atoms with Crippen LogP contribution in [0, 0.1) is 5.41 Å². The molecule has 1 aliphatic rings. The van der Waals surface area contributed by atoms with Gasteiger partial charge >= 0.3 is 0 Å². The van der Waals surface area contributed by atoms with Gasteiger partial charge in [0.05, 0.1) is 12.6 Å². The Balaban J connectivity index is 1.76. The van der Waals surface area contributed by atoms with E-state index in [1.807, 2.05) is 13.0 Å². The van der Waals surface area contributed by atoms with Crippen LogP contribution >= 0.6 is 0 Å². The summed E-state index contributed by atoms with van der Waals surface area (Å²) in [4.78, 5) is 23.8. The van der Waals surface area contributed by atoms with Gasteiger partial charge in [-0.05, 0) is 25.5 Å². The number of rotatable bonds is 6. The van der Waals surface area contributed by atoms with Gasteiger partial charge in [-0.2, -0.15) is 0 Å². The van der Waals surface area contributed by atoms with Crippen molar-refractivity contribution < 1.29 is 14.3 Å². The molecule has 1 aliphatic carbocycles. The summed E-state index contributed by atoms with van der Waals surface area (Å²) in [7, 11) is 0. The van der Waals surface area contributed by atoms with Crippen molar-refractivity contribution in [2.24, 2.45) is 5.41 Å². The molecule has 0 aliphatic heterocycles. The Kier molecular flexibility index (Phi) is 5.19. The van der Waals surface area contributed by atoms with Crippen LogP contribution < -0.4 is 10.6 Å². The molecule has 0 spiro atoms. The third-order valence-corrected chi connectivity index (χ3v) is 4.33. The summed E-state index contributed by atoms with van der Waals surface area (Å²) in [5, 5.41) is 5.60. The van der Waals surface area contributed by atoms with Crippen LogP contribution in [0.25, 0.3) is 0 Å². The fourth-order valence-corrected chi connectivity index (χ4v) is 2.71. The first kappa shape index (κ1) is 16.5. The quantitative estimate of drug-likeness (QED) is 0.841. The van der Waals surface area contributed by atoms with E-state index >= 15 is 0 Å². The Hall–Kier alpha value is -1.88. The van der Waals surface area contributed by atoms with Crippen LogP contribution in [0.3, 0.4) is 0 Å². The first-order chi connectivity index (χ1) is 10.4. The van der Waals surface area contributed by atoms with Crippen LogP contribution in [0.5, 0.6) is 0 Å². The van der Waals surface area contributed by atoms with E-state index < -0.39 is 0 Å². The highest BCUT2D eigenvalue weighted by Gasteiger charge is 2.49. The van der Waals surface area contributed by atoms with Gasteiger partial charge in [-0.1, -0.05) is 32.0 Å². The molecule has 0 radical (unpaired) electrons. The first-order valence-electron chi connectivity index (χ1n) is 7.69. The average molecular weight is 304 g/mol. The number of ether oxygens (including phenoxy) is 1. The molecule has 22 heavy (non-hydrogen) atoms. The maximum atomic E-state index is 12.0. The zero-order valence-corrected chi connectivity index (χ0v) is 13.4. The first-order valence-corrected chi connectivity index (χ1v) is 7.69. The maximum absolute atomic E-state index is 12.0. The van der Waals surface area contributed by atoms with Gasteiger partial charge in [-0.3, -0.25) is 9.59 Å². The summed E-state index contributed by atoms with van der Waals surface area (Å²) in [5.41, 5.74) is 0.477. The van der Waals surface area contributed by atoms with Crippen molar-refractivity contribution in [2.75, 3.05) is 13.2 Å². The molecule has 0 heterocycles. The fourth-order valence-electron chi connectivity index (χ4n) is 2.71. The van der Waals surface area contributed by atoms with Crippen LogP contribution in [-0.4, -0.2) is 37.1 Å². The molecule has 5 nitrogen and oxygen atoms in total. The Morgan fingerprint density at radius 3 is 2.55 bits per heavy atom. The molecule has 1 saturated carbocycles. The lowest BCUT2D eigenvalue weighted by atomic mass is 9.64. The van der Waals surface area contributed by atoms with Crippen LogP contribution in [0.1, 0.15) is 37.6 Å². The lowest BCUT2D eigenvalue weighted by Crippen LogP contribution is -2.62. The fraction of sp³-hybridized carbons (Fsp3) is 0.529. The third-order valence-electron chi connectivity index (χ3n) is 4.33. The summed E-state index contributed by atoms with van der Waals surface area (Å²) in [6, 6.07) is 8.95. The van der Waals surface area contributed by atoms with E-state index in [1.165, 1.54) is 0 Å². The van der Waals surface area contributed by atoms with Gasteiger partial charge in [0, 0.05) is 23.6 Å². The van der Waals surface area contributed by atoms with E-state index in [2.05, 4.69) is 24.5 Å². The number of benzene rings is 1. The van der Waals surface area contributed by atoms with Crippen LogP contribution in [-0.2, 0) is 9.53 Å². The topological polar surface area (TPSA) is 67.4 Å². The maximum Gasteiger partial charge on any atom is 0.251 e. The summed E-state index contributed by atoms with van der Waals surface area (Å²) in [5.74, 6) is -0.409. The standard InChI is InChI=1S/C17H24N2O3/c1-4-22-14-10-13(17(14,2)3)19-15(20)11-18-16(21)12-8-6-5-7-9-12/h5-9,13-14H,4,10-11H2,1-3H3,(H,18,21)(H,19,20). The van der Waals surface area contributed by atoms with Crippen LogP contribution in [0.15, 0.2) is 30.3 Å². The predicted molar refractivity (Wildman–Crippen MR) is 84.5 cm³/mol. The highest BCUT2D eigenvalue weighted by atomic mass is 16.5. The predicted octanol–water partition coefficient (Wildman–Crippen LogP) is 1.74. The molecule has 1 fully saturated rings. The van der Waals surface area contributed by atoms with E-state index in [0.29, 0.717) is 12.2 Å². The zero-order valence-electron chi connectivity index (χ0n) is 13.4. The summed E-state index contributed by atoms with van der Waals surface area (Å²) >= 11 is 0. The lowest BCUT2D eigenvalue weighted by Gasteiger charge is -2.51. The van der Waals surface area contributed by atoms with Crippen molar-refractivity contribution in [1.82, 2.24) is 10.6 Å². The number of carbonyl (C=O) groups excluding carboxylic acids is 2. The van der Waals surface area contributed by atoms with Gasteiger partial charge in [0.25, 0.3) is 5.91 Å². The molecule has 0 bridgehead atoms. The number of amides is 2. The van der Waals surface area contributed by atoms with Gasteiger partial charge in [-0.25, -0.2) is 0 Å². The van der Waals surface area contributed by atoms with Crippen molar-refractivity contribution in [1.29, 1.82) is 0 Å². The molecule has 2 atom stereocenters. The highest BCUT2D eigenvalue weighted by molar-refractivity contribution is 5.96. The Bertz CT molecular complexity index is 528. The van der Waals surface area contributed by atoms with Gasteiger partial charge in [0.15, 0.2) is 0 Å². The molecule has 2 N–H and O–H groups in total. The van der Waals surface area contributed by atoms with Crippen molar-refractivity contribution in [3.8, 4) is 0 Å². The molecular weight excluding hydrogens is 280 g/mol. The third kappa shape index (κ3) is 3.65. The number of nitrogens with one attached hydrogen (secondary N) is 2.